The molecule has 2 rings (SSSR count). The quantitative estimate of drug-likeness (QED) is 0.722. The molecule has 4 heteroatoms. The summed E-state index contributed by atoms with van der Waals surface area (Å²) < 4.78 is 7.29. The van der Waals surface area contributed by atoms with Gasteiger partial charge in [0.1, 0.15) is 5.75 Å². The fourth-order valence-corrected chi connectivity index (χ4v) is 2.34. The van der Waals surface area contributed by atoms with E-state index in [1.165, 1.54) is 0 Å². The summed E-state index contributed by atoms with van der Waals surface area (Å²) in [4.78, 5) is 4.32. The molecule has 1 aromatic heterocycles. The fourth-order valence-electron chi connectivity index (χ4n) is 1.28. The number of rotatable bonds is 1. The molecule has 72 valence electrons. The zero-order valence-electron chi connectivity index (χ0n) is 7.42. The van der Waals surface area contributed by atoms with Gasteiger partial charge in [-0.3, -0.25) is 4.98 Å². The highest BCUT2D eigenvalue weighted by Gasteiger charge is 2.06. The largest absolute Gasteiger partial charge is 0.496 e. The highest BCUT2D eigenvalue weighted by atomic mass is 127. The Kier molecular flexibility index (Phi) is 2.92. The Hall–Kier alpha value is -0.360. The number of pyridine rings is 1. The lowest BCUT2D eigenvalue weighted by Crippen LogP contribution is -1.87. The maximum atomic E-state index is 5.22. The van der Waals surface area contributed by atoms with Crippen LogP contribution in [0.15, 0.2) is 28.9 Å². The number of methoxy groups -OCH3 is 1. The summed E-state index contributed by atoms with van der Waals surface area (Å²) in [5.74, 6) is 0.835. The highest BCUT2D eigenvalue weighted by molar-refractivity contribution is 14.1. The maximum absolute atomic E-state index is 5.22. The number of nitrogens with zero attached hydrogens (tertiary/aromatic N) is 1. The van der Waals surface area contributed by atoms with Crippen LogP contribution in [0.4, 0.5) is 0 Å². The van der Waals surface area contributed by atoms with Crippen LogP contribution < -0.4 is 4.74 Å². The van der Waals surface area contributed by atoms with Crippen molar-refractivity contribution in [3.63, 3.8) is 0 Å². The smallest absolute Gasteiger partial charge is 0.133 e. The Labute approximate surface area is 104 Å². The van der Waals surface area contributed by atoms with Gasteiger partial charge in [-0.1, -0.05) is 0 Å². The van der Waals surface area contributed by atoms with Crippen molar-refractivity contribution >= 4 is 49.4 Å². The van der Waals surface area contributed by atoms with Gasteiger partial charge in [0.15, 0.2) is 0 Å². The average Bonchev–Trinajstić information content (AvgIpc) is 2.20. The second-order valence-electron chi connectivity index (χ2n) is 2.80. The number of aromatic nitrogens is 1. The Bertz CT molecular complexity index is 487. The van der Waals surface area contributed by atoms with E-state index in [4.69, 9.17) is 4.74 Å². The first-order valence-electron chi connectivity index (χ1n) is 4.00. The highest BCUT2D eigenvalue weighted by Crippen LogP contribution is 2.32. The molecule has 0 saturated carbocycles. The third-order valence-corrected chi connectivity index (χ3v) is 3.36. The molecule has 0 aliphatic carbocycles. The summed E-state index contributed by atoms with van der Waals surface area (Å²) >= 11 is 5.75. The van der Waals surface area contributed by atoms with Crippen molar-refractivity contribution in [2.24, 2.45) is 0 Å². The SMILES string of the molecule is COc1ccc2ncc(I)cc2c1Br. The third-order valence-electron chi connectivity index (χ3n) is 1.95. The van der Waals surface area contributed by atoms with Gasteiger partial charge >= 0.3 is 0 Å². The molecule has 0 radical (unpaired) electrons. The minimum Gasteiger partial charge on any atom is -0.496 e. The number of ether oxygens (including phenoxy) is 1. The number of hydrogen-bond donors (Lipinski definition) is 0. The molecular weight excluding hydrogens is 357 g/mol. The van der Waals surface area contributed by atoms with E-state index < -0.39 is 0 Å². The minimum absolute atomic E-state index is 0.835. The van der Waals surface area contributed by atoms with Crippen LogP contribution in [-0.4, -0.2) is 12.1 Å². The summed E-state index contributed by atoms with van der Waals surface area (Å²) in [6.45, 7) is 0. The van der Waals surface area contributed by atoms with E-state index in [2.05, 4.69) is 49.6 Å². The molecule has 0 spiro atoms. The van der Waals surface area contributed by atoms with Crippen molar-refractivity contribution < 1.29 is 4.74 Å². The first-order chi connectivity index (χ1) is 6.72. The maximum Gasteiger partial charge on any atom is 0.133 e. The van der Waals surface area contributed by atoms with Crippen molar-refractivity contribution in [1.82, 2.24) is 4.98 Å². The molecule has 14 heavy (non-hydrogen) atoms. The summed E-state index contributed by atoms with van der Waals surface area (Å²) in [5.41, 5.74) is 0.970. The molecule has 0 aliphatic rings. The van der Waals surface area contributed by atoms with E-state index in [-0.39, 0.29) is 0 Å². The molecule has 0 amide bonds. The summed E-state index contributed by atoms with van der Waals surface area (Å²) in [5, 5.41) is 1.08. The number of fused-ring (bicyclic) bond motifs is 1. The normalized spacial score (nSPS) is 10.5. The average molecular weight is 364 g/mol. The van der Waals surface area contributed by atoms with Crippen LogP contribution in [0.3, 0.4) is 0 Å². The first kappa shape index (κ1) is 10.2. The van der Waals surface area contributed by atoms with E-state index in [1.54, 1.807) is 7.11 Å². The Balaban J connectivity index is 2.79. The molecule has 0 unspecified atom stereocenters. The molecule has 1 heterocycles. The van der Waals surface area contributed by atoms with E-state index in [9.17, 15) is 0 Å². The van der Waals surface area contributed by atoms with E-state index in [0.29, 0.717) is 0 Å². The van der Waals surface area contributed by atoms with Gasteiger partial charge in [0.25, 0.3) is 0 Å². The Morgan fingerprint density at radius 1 is 1.43 bits per heavy atom. The minimum atomic E-state index is 0.835. The lowest BCUT2D eigenvalue weighted by atomic mass is 10.2. The van der Waals surface area contributed by atoms with Crippen LogP contribution in [0, 0.1) is 3.57 Å². The Morgan fingerprint density at radius 2 is 2.21 bits per heavy atom. The van der Waals surface area contributed by atoms with E-state index >= 15 is 0 Å². The molecule has 0 aliphatic heterocycles. The van der Waals surface area contributed by atoms with Crippen molar-refractivity contribution in [3.05, 3.63) is 32.4 Å². The number of halogens is 2. The van der Waals surface area contributed by atoms with Gasteiger partial charge in [0, 0.05) is 15.2 Å². The van der Waals surface area contributed by atoms with E-state index in [0.717, 1.165) is 24.7 Å². The van der Waals surface area contributed by atoms with Crippen molar-refractivity contribution in [2.45, 2.75) is 0 Å². The van der Waals surface area contributed by atoms with Gasteiger partial charge in [-0.2, -0.15) is 0 Å². The molecule has 2 aromatic rings. The topological polar surface area (TPSA) is 22.1 Å². The van der Waals surface area contributed by atoms with Crippen molar-refractivity contribution in [3.8, 4) is 5.75 Å². The standard InChI is InChI=1S/C10H7BrINO/c1-14-9-3-2-8-7(10(9)11)4-6(12)5-13-8/h2-5H,1H3. The molecule has 2 nitrogen and oxygen atoms in total. The summed E-state index contributed by atoms with van der Waals surface area (Å²) in [7, 11) is 1.66. The molecule has 1 aromatic carbocycles. The molecular formula is C10H7BrINO. The van der Waals surface area contributed by atoms with Gasteiger partial charge in [-0.15, -0.1) is 0 Å². The van der Waals surface area contributed by atoms with Crippen molar-refractivity contribution in [1.29, 1.82) is 0 Å². The van der Waals surface area contributed by atoms with Crippen LogP contribution in [0.5, 0.6) is 5.75 Å². The molecule has 0 bridgehead atoms. The second-order valence-corrected chi connectivity index (χ2v) is 4.84. The lowest BCUT2D eigenvalue weighted by Gasteiger charge is -2.06. The van der Waals surface area contributed by atoms with Crippen LogP contribution >= 0.6 is 38.5 Å². The monoisotopic (exact) mass is 363 g/mol. The number of benzene rings is 1. The van der Waals surface area contributed by atoms with Crippen LogP contribution in [0.25, 0.3) is 10.9 Å². The summed E-state index contributed by atoms with van der Waals surface area (Å²) in [6.07, 6.45) is 1.85. The molecule has 0 atom stereocenters. The molecule has 0 fully saturated rings. The van der Waals surface area contributed by atoms with Crippen LogP contribution in [0.2, 0.25) is 0 Å². The first-order valence-corrected chi connectivity index (χ1v) is 5.87. The van der Waals surface area contributed by atoms with Gasteiger partial charge in [-0.25, -0.2) is 0 Å². The molecule has 0 saturated heterocycles. The zero-order chi connectivity index (χ0) is 10.1. The predicted molar refractivity (Wildman–Crippen MR) is 68.7 cm³/mol. The van der Waals surface area contributed by atoms with Crippen molar-refractivity contribution in [2.75, 3.05) is 7.11 Å². The predicted octanol–water partition coefficient (Wildman–Crippen LogP) is 3.61. The van der Waals surface area contributed by atoms with E-state index in [1.807, 2.05) is 18.3 Å². The Morgan fingerprint density at radius 3 is 2.93 bits per heavy atom. The van der Waals surface area contributed by atoms with Crippen LogP contribution in [0.1, 0.15) is 0 Å². The zero-order valence-corrected chi connectivity index (χ0v) is 11.2. The van der Waals surface area contributed by atoms with Crippen LogP contribution in [-0.2, 0) is 0 Å². The molecule has 0 N–H and O–H groups in total. The van der Waals surface area contributed by atoms with Gasteiger partial charge < -0.3 is 4.74 Å². The lowest BCUT2D eigenvalue weighted by molar-refractivity contribution is 0.413. The fraction of sp³-hybridized carbons (Fsp3) is 0.100. The van der Waals surface area contributed by atoms with Gasteiger partial charge in [-0.05, 0) is 56.7 Å². The third kappa shape index (κ3) is 1.72. The van der Waals surface area contributed by atoms with Gasteiger partial charge in [0.05, 0.1) is 17.1 Å². The van der Waals surface area contributed by atoms with Gasteiger partial charge in [0.2, 0.25) is 0 Å². The summed E-state index contributed by atoms with van der Waals surface area (Å²) in [6, 6.07) is 5.94. The second kappa shape index (κ2) is 4.02. The number of hydrogen-bond acceptors (Lipinski definition) is 2.